The smallest absolute Gasteiger partial charge is 0.271 e. The monoisotopic (exact) mass is 414 g/mol. The van der Waals surface area contributed by atoms with Crippen molar-refractivity contribution in [3.05, 3.63) is 63.2 Å². The maximum absolute atomic E-state index is 11.1. The van der Waals surface area contributed by atoms with Crippen LogP contribution in [0.15, 0.2) is 42.5 Å². The van der Waals surface area contributed by atoms with E-state index in [0.29, 0.717) is 40.8 Å². The van der Waals surface area contributed by atoms with Crippen molar-refractivity contribution in [1.82, 2.24) is 14.9 Å². The summed E-state index contributed by atoms with van der Waals surface area (Å²) >= 11 is 5.94. The zero-order chi connectivity index (χ0) is 20.8. The molecule has 0 spiro atoms. The maximum atomic E-state index is 11.1. The summed E-state index contributed by atoms with van der Waals surface area (Å²) in [6.45, 7) is 2.20. The van der Waals surface area contributed by atoms with E-state index in [4.69, 9.17) is 11.6 Å². The van der Waals surface area contributed by atoms with Crippen LogP contribution in [0.4, 0.5) is 17.3 Å². The van der Waals surface area contributed by atoms with E-state index >= 15 is 0 Å². The third-order valence-corrected chi connectivity index (χ3v) is 4.56. The van der Waals surface area contributed by atoms with Crippen LogP contribution in [0.25, 0.3) is 11.0 Å². The third-order valence-electron chi connectivity index (χ3n) is 4.31. The Morgan fingerprint density at radius 1 is 1.03 bits per heavy atom. The number of anilines is 2. The van der Waals surface area contributed by atoms with Gasteiger partial charge in [0.15, 0.2) is 11.6 Å². The van der Waals surface area contributed by atoms with E-state index in [9.17, 15) is 10.1 Å². The minimum Gasteiger partial charge on any atom is -0.367 e. The summed E-state index contributed by atoms with van der Waals surface area (Å²) in [6.07, 6.45) is 0.929. The van der Waals surface area contributed by atoms with Crippen molar-refractivity contribution < 1.29 is 4.92 Å². The summed E-state index contributed by atoms with van der Waals surface area (Å²) in [5.74, 6) is 1.18. The van der Waals surface area contributed by atoms with Gasteiger partial charge < -0.3 is 15.5 Å². The zero-order valence-corrected chi connectivity index (χ0v) is 17.1. The number of halogens is 1. The number of nitro benzene ring substituents is 1. The van der Waals surface area contributed by atoms with Crippen LogP contribution in [0.5, 0.6) is 0 Å². The molecular formula is C20H23ClN6O2. The molecular weight excluding hydrogens is 392 g/mol. The molecule has 29 heavy (non-hydrogen) atoms. The van der Waals surface area contributed by atoms with E-state index < -0.39 is 4.92 Å². The molecule has 0 aliphatic rings. The van der Waals surface area contributed by atoms with Crippen LogP contribution < -0.4 is 10.6 Å². The Morgan fingerprint density at radius 2 is 1.72 bits per heavy atom. The van der Waals surface area contributed by atoms with Gasteiger partial charge in [-0.3, -0.25) is 10.1 Å². The van der Waals surface area contributed by atoms with E-state index in [-0.39, 0.29) is 5.69 Å². The molecule has 8 nitrogen and oxygen atoms in total. The summed E-state index contributed by atoms with van der Waals surface area (Å²) in [4.78, 5) is 22.0. The minimum atomic E-state index is -0.433. The fourth-order valence-electron chi connectivity index (χ4n) is 2.79. The Morgan fingerprint density at radius 3 is 2.41 bits per heavy atom. The molecule has 0 radical (unpaired) electrons. The standard InChI is InChI=1S/C20H23ClN6O2/c1-26(2)11-3-10-22-19-20(23-13-14-4-6-15(21)7-5-14)24-17-9-8-16(27(28)29)12-18(17)25-19/h4-9,12H,3,10-11,13H2,1-2H3,(H,22,25)(H,23,24). The van der Waals surface area contributed by atoms with Crippen LogP contribution in [-0.2, 0) is 6.54 Å². The number of nitrogens with one attached hydrogen (secondary N) is 2. The first-order chi connectivity index (χ1) is 13.9. The van der Waals surface area contributed by atoms with E-state index in [0.717, 1.165) is 18.5 Å². The van der Waals surface area contributed by atoms with Crippen molar-refractivity contribution in [3.8, 4) is 0 Å². The summed E-state index contributed by atoms with van der Waals surface area (Å²) in [5, 5.41) is 18.4. The number of benzene rings is 2. The highest BCUT2D eigenvalue weighted by Crippen LogP contribution is 2.25. The lowest BCUT2D eigenvalue weighted by Crippen LogP contribution is -2.17. The Balaban J connectivity index is 1.85. The molecule has 3 rings (SSSR count). The van der Waals surface area contributed by atoms with Crippen LogP contribution >= 0.6 is 11.6 Å². The van der Waals surface area contributed by atoms with Gasteiger partial charge in [0.05, 0.1) is 16.0 Å². The van der Waals surface area contributed by atoms with Crippen LogP contribution in [-0.4, -0.2) is 47.0 Å². The second kappa shape index (κ2) is 9.49. The molecule has 0 saturated heterocycles. The zero-order valence-electron chi connectivity index (χ0n) is 16.4. The molecule has 2 aromatic carbocycles. The molecule has 0 amide bonds. The van der Waals surface area contributed by atoms with Crippen molar-refractivity contribution in [2.45, 2.75) is 13.0 Å². The van der Waals surface area contributed by atoms with Gasteiger partial charge in [-0.1, -0.05) is 23.7 Å². The summed E-state index contributed by atoms with van der Waals surface area (Å²) in [5.41, 5.74) is 2.12. The average Bonchev–Trinajstić information content (AvgIpc) is 2.70. The predicted molar refractivity (Wildman–Crippen MR) is 117 cm³/mol. The number of fused-ring (bicyclic) bond motifs is 1. The van der Waals surface area contributed by atoms with Gasteiger partial charge >= 0.3 is 0 Å². The first-order valence-electron chi connectivity index (χ1n) is 9.25. The molecule has 0 fully saturated rings. The largest absolute Gasteiger partial charge is 0.367 e. The molecule has 9 heteroatoms. The molecule has 0 saturated carbocycles. The normalized spacial score (nSPS) is 11.0. The lowest BCUT2D eigenvalue weighted by molar-refractivity contribution is -0.384. The molecule has 152 valence electrons. The maximum Gasteiger partial charge on any atom is 0.271 e. The van der Waals surface area contributed by atoms with Crippen LogP contribution in [0.2, 0.25) is 5.02 Å². The fourth-order valence-corrected chi connectivity index (χ4v) is 2.92. The number of aromatic nitrogens is 2. The first-order valence-corrected chi connectivity index (χ1v) is 9.63. The number of rotatable bonds is 9. The number of nitro groups is 1. The van der Waals surface area contributed by atoms with E-state index in [1.807, 2.05) is 38.4 Å². The number of non-ortho nitro benzene ring substituents is 1. The van der Waals surface area contributed by atoms with Crippen molar-refractivity contribution >= 4 is 40.0 Å². The number of nitrogens with zero attached hydrogens (tertiary/aromatic N) is 4. The lowest BCUT2D eigenvalue weighted by Gasteiger charge is -2.14. The highest BCUT2D eigenvalue weighted by atomic mass is 35.5. The molecule has 3 aromatic rings. The highest BCUT2D eigenvalue weighted by molar-refractivity contribution is 6.30. The van der Waals surface area contributed by atoms with E-state index in [1.165, 1.54) is 12.1 Å². The van der Waals surface area contributed by atoms with Crippen LogP contribution in [0.3, 0.4) is 0 Å². The van der Waals surface area contributed by atoms with Crippen LogP contribution in [0, 0.1) is 10.1 Å². The van der Waals surface area contributed by atoms with Gasteiger partial charge in [0.1, 0.15) is 0 Å². The first kappa shape index (κ1) is 20.8. The topological polar surface area (TPSA) is 96.2 Å². The average molecular weight is 415 g/mol. The Bertz CT molecular complexity index is 994. The second-order valence-corrected chi connectivity index (χ2v) is 7.35. The Kier molecular flexibility index (Phi) is 6.79. The minimum absolute atomic E-state index is 0.00719. The summed E-state index contributed by atoms with van der Waals surface area (Å²) in [6, 6.07) is 12.0. The molecule has 0 aliphatic heterocycles. The quantitative estimate of drug-likeness (QED) is 0.308. The van der Waals surface area contributed by atoms with Gasteiger partial charge in [-0.25, -0.2) is 9.97 Å². The molecule has 1 heterocycles. The number of hydrogen-bond acceptors (Lipinski definition) is 7. The van der Waals surface area contributed by atoms with E-state index in [2.05, 4.69) is 25.5 Å². The molecule has 0 aliphatic carbocycles. The predicted octanol–water partition coefficient (Wildman–Crippen LogP) is 4.17. The third kappa shape index (κ3) is 5.75. The van der Waals surface area contributed by atoms with Crippen LogP contribution in [0.1, 0.15) is 12.0 Å². The molecule has 1 aromatic heterocycles. The lowest BCUT2D eigenvalue weighted by atomic mass is 10.2. The van der Waals surface area contributed by atoms with Gasteiger partial charge in [0, 0.05) is 30.2 Å². The fraction of sp³-hybridized carbons (Fsp3) is 0.300. The van der Waals surface area contributed by atoms with Gasteiger partial charge in [-0.2, -0.15) is 0 Å². The van der Waals surface area contributed by atoms with Gasteiger partial charge in [0.25, 0.3) is 5.69 Å². The van der Waals surface area contributed by atoms with Gasteiger partial charge in [-0.15, -0.1) is 0 Å². The number of hydrogen-bond donors (Lipinski definition) is 2. The van der Waals surface area contributed by atoms with Gasteiger partial charge in [-0.05, 0) is 50.8 Å². The van der Waals surface area contributed by atoms with Gasteiger partial charge in [0.2, 0.25) is 0 Å². The molecule has 2 N–H and O–H groups in total. The van der Waals surface area contributed by atoms with E-state index in [1.54, 1.807) is 6.07 Å². The van der Waals surface area contributed by atoms with Crippen molar-refractivity contribution in [2.75, 3.05) is 37.8 Å². The Labute approximate surface area is 174 Å². The van der Waals surface area contributed by atoms with Crippen molar-refractivity contribution in [3.63, 3.8) is 0 Å². The highest BCUT2D eigenvalue weighted by Gasteiger charge is 2.13. The Hall–Kier alpha value is -2.97. The van der Waals surface area contributed by atoms with Crippen molar-refractivity contribution in [1.29, 1.82) is 0 Å². The second-order valence-electron chi connectivity index (χ2n) is 6.91. The molecule has 0 bridgehead atoms. The molecule has 0 atom stereocenters. The summed E-state index contributed by atoms with van der Waals surface area (Å²) < 4.78 is 0. The van der Waals surface area contributed by atoms with Crippen molar-refractivity contribution in [2.24, 2.45) is 0 Å². The SMILES string of the molecule is CN(C)CCCNc1nc2cc([N+](=O)[O-])ccc2nc1NCc1ccc(Cl)cc1. The molecule has 0 unspecified atom stereocenters. The summed E-state index contributed by atoms with van der Waals surface area (Å²) in [7, 11) is 4.04.